The van der Waals surface area contributed by atoms with E-state index in [1.54, 1.807) is 12.1 Å². The molecular formula is C22H26N2O3. The Morgan fingerprint density at radius 1 is 1.19 bits per heavy atom. The van der Waals surface area contributed by atoms with E-state index in [0.717, 1.165) is 24.0 Å². The Kier molecular flexibility index (Phi) is 5.33. The second kappa shape index (κ2) is 7.53. The van der Waals surface area contributed by atoms with Gasteiger partial charge < -0.3 is 15.7 Å². The molecule has 0 radical (unpaired) electrons. The average molecular weight is 366 g/mol. The number of aliphatic carboxylic acids is 1. The Labute approximate surface area is 159 Å². The predicted octanol–water partition coefficient (Wildman–Crippen LogP) is 3.32. The number of nitrogens with two attached hydrogens (primary N) is 1. The SMILES string of the molecule is CCCc1ccc(-c2ccccc2C(=O)N2CC[C@H](N)[C@@]2(C)C(=O)O)cc1. The number of likely N-dealkylation sites (tertiary alicyclic amines) is 1. The first-order valence-electron chi connectivity index (χ1n) is 9.38. The topological polar surface area (TPSA) is 83.6 Å². The smallest absolute Gasteiger partial charge is 0.330 e. The van der Waals surface area contributed by atoms with Crippen molar-refractivity contribution in [2.24, 2.45) is 5.73 Å². The molecule has 0 saturated carbocycles. The van der Waals surface area contributed by atoms with Crippen LogP contribution in [-0.4, -0.2) is 40.0 Å². The quantitative estimate of drug-likeness (QED) is 0.850. The number of carbonyl (C=O) groups is 2. The predicted molar refractivity (Wildman–Crippen MR) is 106 cm³/mol. The fourth-order valence-corrected chi connectivity index (χ4v) is 3.77. The number of carboxylic acid groups (broad SMARTS) is 1. The van der Waals surface area contributed by atoms with Crippen LogP contribution in [0.5, 0.6) is 0 Å². The lowest BCUT2D eigenvalue weighted by atomic mass is 9.92. The summed E-state index contributed by atoms with van der Waals surface area (Å²) in [5.74, 6) is -1.36. The minimum absolute atomic E-state index is 0.291. The maximum atomic E-state index is 13.3. The molecule has 1 amide bonds. The van der Waals surface area contributed by atoms with Crippen LogP contribution in [0.4, 0.5) is 0 Å². The number of benzene rings is 2. The summed E-state index contributed by atoms with van der Waals surface area (Å²) in [4.78, 5) is 26.6. The van der Waals surface area contributed by atoms with E-state index in [1.807, 2.05) is 24.3 Å². The van der Waals surface area contributed by atoms with E-state index in [0.29, 0.717) is 18.5 Å². The standard InChI is InChI=1S/C22H26N2O3/c1-3-6-15-9-11-16(12-10-15)17-7-4-5-8-18(17)20(25)24-14-13-19(23)22(24,2)21(26)27/h4-5,7-12,19H,3,6,13-14,23H2,1-2H3,(H,26,27)/t19-,22-/m0/s1. The van der Waals surface area contributed by atoms with E-state index >= 15 is 0 Å². The molecule has 2 aromatic rings. The van der Waals surface area contributed by atoms with E-state index in [2.05, 4.69) is 19.1 Å². The van der Waals surface area contributed by atoms with Crippen molar-refractivity contribution in [1.82, 2.24) is 4.90 Å². The Hall–Kier alpha value is -2.66. The third kappa shape index (κ3) is 3.35. The number of nitrogens with zero attached hydrogens (tertiary/aromatic N) is 1. The molecule has 5 heteroatoms. The molecule has 1 aliphatic rings. The Balaban J connectivity index is 1.98. The maximum Gasteiger partial charge on any atom is 0.330 e. The van der Waals surface area contributed by atoms with Gasteiger partial charge in [-0.3, -0.25) is 4.79 Å². The first-order chi connectivity index (χ1) is 12.9. The summed E-state index contributed by atoms with van der Waals surface area (Å²) < 4.78 is 0. The van der Waals surface area contributed by atoms with Gasteiger partial charge in [0.15, 0.2) is 5.54 Å². The van der Waals surface area contributed by atoms with Crippen LogP contribution >= 0.6 is 0 Å². The number of carboxylic acids is 1. The minimum atomic E-state index is -1.39. The number of amides is 1. The van der Waals surface area contributed by atoms with Crippen LogP contribution in [0.15, 0.2) is 48.5 Å². The Bertz CT molecular complexity index is 847. The first kappa shape index (κ1) is 19.1. The molecule has 2 aromatic carbocycles. The van der Waals surface area contributed by atoms with Crippen LogP contribution in [0.1, 0.15) is 42.6 Å². The highest BCUT2D eigenvalue weighted by molar-refractivity contribution is 6.03. The van der Waals surface area contributed by atoms with Crippen molar-refractivity contribution in [2.75, 3.05) is 6.54 Å². The van der Waals surface area contributed by atoms with E-state index < -0.39 is 17.6 Å². The van der Waals surface area contributed by atoms with Crippen LogP contribution in [0.25, 0.3) is 11.1 Å². The lowest BCUT2D eigenvalue weighted by Gasteiger charge is -2.34. The number of hydrogen-bond acceptors (Lipinski definition) is 3. The zero-order chi connectivity index (χ0) is 19.6. The summed E-state index contributed by atoms with van der Waals surface area (Å²) in [5.41, 5.74) is 8.16. The minimum Gasteiger partial charge on any atom is -0.479 e. The highest BCUT2D eigenvalue weighted by atomic mass is 16.4. The monoisotopic (exact) mass is 366 g/mol. The van der Waals surface area contributed by atoms with Crippen LogP contribution in [0.3, 0.4) is 0 Å². The molecule has 3 N–H and O–H groups in total. The molecule has 2 atom stereocenters. The van der Waals surface area contributed by atoms with Crippen molar-refractivity contribution in [3.05, 3.63) is 59.7 Å². The molecule has 0 spiro atoms. The van der Waals surface area contributed by atoms with Gasteiger partial charge in [0, 0.05) is 18.2 Å². The van der Waals surface area contributed by atoms with Gasteiger partial charge in [0.1, 0.15) is 0 Å². The third-order valence-electron chi connectivity index (χ3n) is 5.59. The maximum absolute atomic E-state index is 13.3. The number of carbonyl (C=O) groups excluding carboxylic acids is 1. The molecule has 1 fully saturated rings. The van der Waals surface area contributed by atoms with Crippen LogP contribution in [0.2, 0.25) is 0 Å². The van der Waals surface area contributed by atoms with Gasteiger partial charge >= 0.3 is 5.97 Å². The van der Waals surface area contributed by atoms with E-state index in [4.69, 9.17) is 5.73 Å². The third-order valence-corrected chi connectivity index (χ3v) is 5.59. The van der Waals surface area contributed by atoms with Gasteiger partial charge in [-0.2, -0.15) is 0 Å². The molecule has 5 nitrogen and oxygen atoms in total. The molecule has 1 aliphatic heterocycles. The van der Waals surface area contributed by atoms with Gasteiger partial charge in [-0.1, -0.05) is 55.8 Å². The van der Waals surface area contributed by atoms with Crippen molar-refractivity contribution in [1.29, 1.82) is 0 Å². The molecule has 1 heterocycles. The van der Waals surface area contributed by atoms with Crippen LogP contribution in [-0.2, 0) is 11.2 Å². The van der Waals surface area contributed by atoms with Crippen molar-refractivity contribution in [3.63, 3.8) is 0 Å². The molecule has 3 rings (SSSR count). The van der Waals surface area contributed by atoms with Gasteiger partial charge in [0.25, 0.3) is 5.91 Å². The molecule has 142 valence electrons. The Morgan fingerprint density at radius 2 is 1.85 bits per heavy atom. The molecule has 0 unspecified atom stereocenters. The van der Waals surface area contributed by atoms with E-state index in [1.165, 1.54) is 17.4 Å². The summed E-state index contributed by atoms with van der Waals surface area (Å²) >= 11 is 0. The molecule has 0 aromatic heterocycles. The molecular weight excluding hydrogens is 340 g/mol. The highest BCUT2D eigenvalue weighted by Crippen LogP contribution is 2.33. The van der Waals surface area contributed by atoms with Crippen molar-refractivity contribution in [2.45, 2.75) is 44.7 Å². The number of hydrogen-bond donors (Lipinski definition) is 2. The normalized spacial score (nSPS) is 22.0. The lowest BCUT2D eigenvalue weighted by molar-refractivity contribution is -0.147. The molecule has 0 bridgehead atoms. The highest BCUT2D eigenvalue weighted by Gasteiger charge is 2.52. The van der Waals surface area contributed by atoms with Gasteiger partial charge in [-0.05, 0) is 42.5 Å². The summed E-state index contributed by atoms with van der Waals surface area (Å²) in [6.07, 6.45) is 2.57. The molecule has 0 aliphatic carbocycles. The number of rotatable bonds is 5. The molecule has 1 saturated heterocycles. The van der Waals surface area contributed by atoms with Crippen molar-refractivity contribution in [3.8, 4) is 11.1 Å². The largest absolute Gasteiger partial charge is 0.479 e. The van der Waals surface area contributed by atoms with Crippen LogP contribution in [0, 0.1) is 0 Å². The summed E-state index contributed by atoms with van der Waals surface area (Å²) in [6.45, 7) is 4.02. The van der Waals surface area contributed by atoms with Gasteiger partial charge in [0.05, 0.1) is 0 Å². The van der Waals surface area contributed by atoms with Gasteiger partial charge in [-0.25, -0.2) is 4.79 Å². The fourth-order valence-electron chi connectivity index (χ4n) is 3.77. The fraction of sp³-hybridized carbons (Fsp3) is 0.364. The Morgan fingerprint density at radius 3 is 2.48 bits per heavy atom. The zero-order valence-electron chi connectivity index (χ0n) is 15.8. The second-order valence-electron chi connectivity index (χ2n) is 7.30. The van der Waals surface area contributed by atoms with Crippen molar-refractivity contribution < 1.29 is 14.7 Å². The summed E-state index contributed by atoms with van der Waals surface area (Å²) in [5, 5.41) is 9.70. The zero-order valence-corrected chi connectivity index (χ0v) is 15.8. The van der Waals surface area contributed by atoms with Crippen molar-refractivity contribution >= 4 is 11.9 Å². The second-order valence-corrected chi connectivity index (χ2v) is 7.30. The first-order valence-corrected chi connectivity index (χ1v) is 9.38. The van der Waals surface area contributed by atoms with E-state index in [9.17, 15) is 14.7 Å². The van der Waals surface area contributed by atoms with E-state index in [-0.39, 0.29) is 5.91 Å². The molecule has 27 heavy (non-hydrogen) atoms. The van der Waals surface area contributed by atoms with Gasteiger partial charge in [-0.15, -0.1) is 0 Å². The van der Waals surface area contributed by atoms with Gasteiger partial charge in [0.2, 0.25) is 0 Å². The lowest BCUT2D eigenvalue weighted by Crippen LogP contribution is -2.58. The number of aryl methyl sites for hydroxylation is 1. The van der Waals surface area contributed by atoms with Crippen LogP contribution < -0.4 is 5.73 Å². The summed E-state index contributed by atoms with van der Waals surface area (Å²) in [6, 6.07) is 14.9. The summed E-state index contributed by atoms with van der Waals surface area (Å²) in [7, 11) is 0. The average Bonchev–Trinajstić information content (AvgIpc) is 2.98.